The number of nitrogens with one attached hydrogen (secondary N) is 1. The van der Waals surface area contributed by atoms with Gasteiger partial charge in [-0.05, 0) is 18.9 Å². The fourth-order valence-electron chi connectivity index (χ4n) is 1.54. The molecule has 5 heteroatoms. The van der Waals surface area contributed by atoms with Crippen molar-refractivity contribution in [3.8, 4) is 0 Å². The minimum absolute atomic E-state index is 0.288. The number of benzene rings is 1. The third-order valence-electron chi connectivity index (χ3n) is 3.00. The number of hydrogen-bond donors (Lipinski definition) is 2. The molecule has 1 rings (SSSR count). The second kappa shape index (κ2) is 7.07. The quantitative estimate of drug-likeness (QED) is 0.617. The summed E-state index contributed by atoms with van der Waals surface area (Å²) in [6.07, 6.45) is 1.03. The third-order valence-corrected chi connectivity index (χ3v) is 4.43. The topological polar surface area (TPSA) is 38.0 Å². The summed E-state index contributed by atoms with van der Waals surface area (Å²) in [6.45, 7) is 5.74. The fourth-order valence-corrected chi connectivity index (χ4v) is 2.57. The first-order chi connectivity index (χ1) is 8.51. The Labute approximate surface area is 111 Å². The summed E-state index contributed by atoms with van der Waals surface area (Å²) in [6, 6.07) is 2.79. The Kier molecular flexibility index (Phi) is 6.05. The van der Waals surface area contributed by atoms with Crippen molar-refractivity contribution in [2.45, 2.75) is 38.5 Å². The van der Waals surface area contributed by atoms with Crippen LogP contribution < -0.4 is 11.3 Å². The van der Waals surface area contributed by atoms with Crippen molar-refractivity contribution >= 4 is 11.8 Å². The molecule has 1 aromatic carbocycles. The van der Waals surface area contributed by atoms with E-state index in [0.717, 1.165) is 6.42 Å². The maximum atomic E-state index is 13.8. The van der Waals surface area contributed by atoms with Crippen LogP contribution in [0.4, 0.5) is 8.78 Å². The van der Waals surface area contributed by atoms with Gasteiger partial charge in [-0.15, -0.1) is 0 Å². The van der Waals surface area contributed by atoms with Gasteiger partial charge in [0.25, 0.3) is 0 Å². The normalized spacial score (nSPS) is 14.6. The molecule has 0 heterocycles. The van der Waals surface area contributed by atoms with E-state index >= 15 is 0 Å². The van der Waals surface area contributed by atoms with Gasteiger partial charge in [0.05, 0.1) is 6.04 Å². The van der Waals surface area contributed by atoms with Crippen molar-refractivity contribution < 1.29 is 8.78 Å². The van der Waals surface area contributed by atoms with Crippen LogP contribution in [-0.4, -0.2) is 11.0 Å². The number of rotatable bonds is 6. The smallest absolute Gasteiger partial charge is 0.163 e. The average Bonchev–Trinajstić information content (AvgIpc) is 2.38. The van der Waals surface area contributed by atoms with Gasteiger partial charge in [-0.2, -0.15) is 11.8 Å². The molecule has 0 saturated heterocycles. The lowest BCUT2D eigenvalue weighted by atomic mass is 10.1. The Morgan fingerprint density at radius 2 is 2.00 bits per heavy atom. The standard InChI is InChI=1S/C13H20F2N2S/c1-4-9(3)18-7-11(17-16)10-6-5-8(2)12(14)13(10)15/h5-6,9,11,17H,4,7,16H2,1-3H3. The average molecular weight is 274 g/mol. The van der Waals surface area contributed by atoms with Gasteiger partial charge in [0.1, 0.15) is 0 Å². The zero-order valence-electron chi connectivity index (χ0n) is 11.0. The Morgan fingerprint density at radius 3 is 2.56 bits per heavy atom. The monoisotopic (exact) mass is 274 g/mol. The first kappa shape index (κ1) is 15.4. The largest absolute Gasteiger partial charge is 0.271 e. The van der Waals surface area contributed by atoms with Crippen LogP contribution in [0.15, 0.2) is 12.1 Å². The lowest BCUT2D eigenvalue weighted by Crippen LogP contribution is -2.31. The molecule has 2 atom stereocenters. The molecule has 102 valence electrons. The van der Waals surface area contributed by atoms with Crippen molar-refractivity contribution in [1.29, 1.82) is 0 Å². The molecule has 0 spiro atoms. The number of halogens is 2. The summed E-state index contributed by atoms with van der Waals surface area (Å²) < 4.78 is 27.3. The van der Waals surface area contributed by atoms with E-state index in [-0.39, 0.29) is 11.6 Å². The van der Waals surface area contributed by atoms with Gasteiger partial charge in [-0.3, -0.25) is 11.3 Å². The summed E-state index contributed by atoms with van der Waals surface area (Å²) in [5, 5.41) is 0.471. The third kappa shape index (κ3) is 3.67. The number of hydrogen-bond acceptors (Lipinski definition) is 3. The molecule has 0 saturated carbocycles. The van der Waals surface area contributed by atoms with Crippen LogP contribution in [0, 0.1) is 18.6 Å². The molecule has 1 aromatic rings. The van der Waals surface area contributed by atoms with Crippen molar-refractivity contribution in [2.24, 2.45) is 5.84 Å². The Bertz CT molecular complexity index is 399. The molecule has 18 heavy (non-hydrogen) atoms. The van der Waals surface area contributed by atoms with Gasteiger partial charge in [-0.25, -0.2) is 8.78 Å². The minimum Gasteiger partial charge on any atom is -0.271 e. The van der Waals surface area contributed by atoms with Crippen LogP contribution in [0.5, 0.6) is 0 Å². The zero-order chi connectivity index (χ0) is 13.7. The molecule has 2 unspecified atom stereocenters. The summed E-state index contributed by atoms with van der Waals surface area (Å²) in [5.74, 6) is 4.46. The van der Waals surface area contributed by atoms with E-state index in [1.54, 1.807) is 30.8 Å². The Morgan fingerprint density at radius 1 is 1.33 bits per heavy atom. The first-order valence-electron chi connectivity index (χ1n) is 6.03. The molecule has 0 amide bonds. The number of thioether (sulfide) groups is 1. The molecule has 2 nitrogen and oxygen atoms in total. The highest BCUT2D eigenvalue weighted by Gasteiger charge is 2.19. The molecule has 0 aromatic heterocycles. The highest BCUT2D eigenvalue weighted by Crippen LogP contribution is 2.26. The van der Waals surface area contributed by atoms with Gasteiger partial charge in [0.15, 0.2) is 11.6 Å². The van der Waals surface area contributed by atoms with Gasteiger partial charge >= 0.3 is 0 Å². The maximum absolute atomic E-state index is 13.8. The van der Waals surface area contributed by atoms with Gasteiger partial charge in [0.2, 0.25) is 0 Å². The van der Waals surface area contributed by atoms with E-state index in [1.807, 2.05) is 0 Å². The Balaban J connectivity index is 2.85. The van der Waals surface area contributed by atoms with E-state index in [9.17, 15) is 8.78 Å². The number of aryl methyl sites for hydroxylation is 1. The summed E-state index contributed by atoms with van der Waals surface area (Å²) >= 11 is 1.69. The van der Waals surface area contributed by atoms with E-state index in [1.165, 1.54) is 0 Å². The van der Waals surface area contributed by atoms with E-state index in [0.29, 0.717) is 16.6 Å². The second-order valence-corrected chi connectivity index (χ2v) is 5.84. The maximum Gasteiger partial charge on any atom is 0.163 e. The van der Waals surface area contributed by atoms with E-state index in [2.05, 4.69) is 19.3 Å². The predicted molar refractivity (Wildman–Crippen MR) is 73.4 cm³/mol. The summed E-state index contributed by atoms with van der Waals surface area (Å²) in [7, 11) is 0. The molecule has 0 bridgehead atoms. The number of nitrogens with two attached hydrogens (primary N) is 1. The molecule has 3 N–H and O–H groups in total. The van der Waals surface area contributed by atoms with Crippen LogP contribution in [-0.2, 0) is 0 Å². The van der Waals surface area contributed by atoms with Crippen LogP contribution in [0.1, 0.15) is 37.4 Å². The van der Waals surface area contributed by atoms with Gasteiger partial charge in [0, 0.05) is 16.6 Å². The van der Waals surface area contributed by atoms with Crippen molar-refractivity contribution in [3.05, 3.63) is 34.9 Å². The summed E-state index contributed by atoms with van der Waals surface area (Å²) in [4.78, 5) is 0. The summed E-state index contributed by atoms with van der Waals surface area (Å²) in [5.41, 5.74) is 3.15. The highest BCUT2D eigenvalue weighted by molar-refractivity contribution is 7.99. The Hall–Kier alpha value is -0.650. The van der Waals surface area contributed by atoms with E-state index < -0.39 is 11.6 Å². The molecule has 0 fully saturated rings. The van der Waals surface area contributed by atoms with E-state index in [4.69, 9.17) is 5.84 Å². The molecule has 0 aliphatic heterocycles. The SMILES string of the molecule is CCC(C)SCC(NN)c1ccc(C)c(F)c1F. The van der Waals surface area contributed by atoms with Crippen molar-refractivity contribution in [2.75, 3.05) is 5.75 Å². The van der Waals surface area contributed by atoms with Crippen molar-refractivity contribution in [1.82, 2.24) is 5.43 Å². The zero-order valence-corrected chi connectivity index (χ0v) is 11.8. The molecule has 0 aliphatic carbocycles. The lowest BCUT2D eigenvalue weighted by Gasteiger charge is -2.19. The molecular weight excluding hydrogens is 254 g/mol. The van der Waals surface area contributed by atoms with Crippen molar-refractivity contribution in [3.63, 3.8) is 0 Å². The van der Waals surface area contributed by atoms with Crippen LogP contribution in [0.25, 0.3) is 0 Å². The van der Waals surface area contributed by atoms with Gasteiger partial charge in [-0.1, -0.05) is 26.0 Å². The van der Waals surface area contributed by atoms with Crippen LogP contribution >= 0.6 is 11.8 Å². The first-order valence-corrected chi connectivity index (χ1v) is 7.08. The highest BCUT2D eigenvalue weighted by atomic mass is 32.2. The predicted octanol–water partition coefficient (Wildman–Crippen LogP) is 3.31. The molecule has 0 aliphatic rings. The van der Waals surface area contributed by atoms with Crippen LogP contribution in [0.3, 0.4) is 0 Å². The lowest BCUT2D eigenvalue weighted by molar-refractivity contribution is 0.474. The fraction of sp³-hybridized carbons (Fsp3) is 0.538. The minimum atomic E-state index is -0.803. The second-order valence-electron chi connectivity index (χ2n) is 4.37. The van der Waals surface area contributed by atoms with Gasteiger partial charge < -0.3 is 0 Å². The molecular formula is C13H20F2N2S. The number of hydrazine groups is 1. The van der Waals surface area contributed by atoms with Crippen LogP contribution in [0.2, 0.25) is 0 Å². The molecule has 0 radical (unpaired) electrons.